The van der Waals surface area contributed by atoms with Crippen molar-refractivity contribution in [3.05, 3.63) is 52.6 Å². The molecule has 0 bridgehead atoms. The van der Waals surface area contributed by atoms with Crippen molar-refractivity contribution in [1.82, 2.24) is 24.3 Å². The van der Waals surface area contributed by atoms with Gasteiger partial charge in [-0.3, -0.25) is 19.6 Å². The largest absolute Gasteiger partial charge is 0.354 e. The van der Waals surface area contributed by atoms with Gasteiger partial charge in [-0.25, -0.2) is 9.59 Å². The van der Waals surface area contributed by atoms with Crippen LogP contribution >= 0.6 is 0 Å². The Balaban J connectivity index is 1.32. The van der Waals surface area contributed by atoms with Crippen LogP contribution in [-0.2, 0) is 11.3 Å². The molecule has 2 aromatic rings. The predicted octanol–water partition coefficient (Wildman–Crippen LogP) is 0.815. The lowest BCUT2D eigenvalue weighted by atomic mass is 9.94. The fourth-order valence-electron chi connectivity index (χ4n) is 4.79. The fraction of sp³-hybridized carbons (Fsp3) is 0.538. The minimum Gasteiger partial charge on any atom is -0.338 e. The lowest BCUT2D eigenvalue weighted by molar-refractivity contribution is -0.137. The highest BCUT2D eigenvalue weighted by atomic mass is 16.2. The van der Waals surface area contributed by atoms with Crippen LogP contribution in [0.1, 0.15) is 32.8 Å². The molecule has 2 aliphatic rings. The molecule has 0 radical (unpaired) electrons. The molecule has 3 heterocycles. The van der Waals surface area contributed by atoms with E-state index >= 15 is 0 Å². The van der Waals surface area contributed by atoms with E-state index in [0.29, 0.717) is 37.8 Å². The van der Waals surface area contributed by atoms with Crippen molar-refractivity contribution >= 4 is 17.8 Å². The normalized spacial score (nSPS) is 21.1. The number of benzene rings is 1. The van der Waals surface area contributed by atoms with E-state index in [-0.39, 0.29) is 23.8 Å². The summed E-state index contributed by atoms with van der Waals surface area (Å²) in [6, 6.07) is 9.36. The van der Waals surface area contributed by atoms with Crippen molar-refractivity contribution in [1.29, 1.82) is 0 Å². The summed E-state index contributed by atoms with van der Waals surface area (Å²) in [6.45, 7) is 9.92. The summed E-state index contributed by atoms with van der Waals surface area (Å²) in [6.07, 6.45) is 2.61. The summed E-state index contributed by atoms with van der Waals surface area (Å²) < 4.78 is 1.44. The molecule has 1 aromatic carbocycles. The first kappa shape index (κ1) is 26.8. The van der Waals surface area contributed by atoms with Crippen LogP contribution in [0.2, 0.25) is 0 Å². The SMILES string of the molecule is C[C@@H]1CN(Cc2ccc(-n3ccc(NC(=O)N4CCN(C(=O)C(C)(C)N)CC4)nc3=O)cc2)CC[C@@H]1N. The Morgan fingerprint density at radius 2 is 1.70 bits per heavy atom. The van der Waals surface area contributed by atoms with Crippen molar-refractivity contribution < 1.29 is 9.59 Å². The monoisotopic (exact) mass is 510 g/mol. The highest BCUT2D eigenvalue weighted by Gasteiger charge is 2.31. The zero-order valence-corrected chi connectivity index (χ0v) is 21.9. The lowest BCUT2D eigenvalue weighted by Crippen LogP contribution is -2.58. The number of nitrogens with zero attached hydrogens (tertiary/aromatic N) is 5. The summed E-state index contributed by atoms with van der Waals surface area (Å²) >= 11 is 0. The average Bonchev–Trinajstić information content (AvgIpc) is 2.86. The van der Waals surface area contributed by atoms with Crippen LogP contribution in [0.3, 0.4) is 0 Å². The van der Waals surface area contributed by atoms with Crippen LogP contribution in [0.4, 0.5) is 10.6 Å². The molecular weight excluding hydrogens is 472 g/mol. The number of likely N-dealkylation sites (tertiary alicyclic amines) is 1. The van der Waals surface area contributed by atoms with Gasteiger partial charge in [0.05, 0.1) is 11.2 Å². The van der Waals surface area contributed by atoms with Gasteiger partial charge in [-0.15, -0.1) is 0 Å². The maximum absolute atomic E-state index is 12.7. The molecule has 4 rings (SSSR count). The number of hydrogen-bond acceptors (Lipinski definition) is 7. The van der Waals surface area contributed by atoms with Crippen molar-refractivity contribution in [3.63, 3.8) is 0 Å². The molecule has 11 heteroatoms. The van der Waals surface area contributed by atoms with E-state index in [1.54, 1.807) is 35.9 Å². The van der Waals surface area contributed by atoms with E-state index in [9.17, 15) is 14.4 Å². The Kier molecular flexibility index (Phi) is 7.96. The molecule has 0 saturated carbocycles. The van der Waals surface area contributed by atoms with E-state index in [1.165, 1.54) is 10.1 Å². The Morgan fingerprint density at radius 3 is 2.30 bits per heavy atom. The number of urea groups is 1. The van der Waals surface area contributed by atoms with Gasteiger partial charge in [-0.05, 0) is 56.5 Å². The minimum atomic E-state index is -0.945. The first-order valence-corrected chi connectivity index (χ1v) is 12.8. The van der Waals surface area contributed by atoms with E-state index < -0.39 is 11.2 Å². The summed E-state index contributed by atoms with van der Waals surface area (Å²) in [5, 5.41) is 2.69. The number of amides is 3. The van der Waals surface area contributed by atoms with E-state index in [1.807, 2.05) is 24.3 Å². The maximum Gasteiger partial charge on any atom is 0.354 e. The van der Waals surface area contributed by atoms with Crippen LogP contribution < -0.4 is 22.5 Å². The Bertz CT molecular complexity index is 1170. The number of hydrogen-bond donors (Lipinski definition) is 3. The van der Waals surface area contributed by atoms with Crippen LogP contribution in [0.15, 0.2) is 41.3 Å². The molecule has 2 aliphatic heterocycles. The lowest BCUT2D eigenvalue weighted by Gasteiger charge is -2.37. The Morgan fingerprint density at radius 1 is 1.05 bits per heavy atom. The van der Waals surface area contributed by atoms with Gasteiger partial charge in [-0.2, -0.15) is 4.98 Å². The number of anilines is 1. The first-order valence-electron chi connectivity index (χ1n) is 12.8. The molecule has 2 atom stereocenters. The second kappa shape index (κ2) is 11.0. The molecule has 2 fully saturated rings. The maximum atomic E-state index is 12.7. The summed E-state index contributed by atoms with van der Waals surface area (Å²) in [5.74, 6) is 0.521. The second-order valence-corrected chi connectivity index (χ2v) is 10.7. The number of aromatic nitrogens is 2. The van der Waals surface area contributed by atoms with Gasteiger partial charge in [0, 0.05) is 51.5 Å². The van der Waals surface area contributed by atoms with Gasteiger partial charge in [0.2, 0.25) is 5.91 Å². The highest BCUT2D eigenvalue weighted by molar-refractivity contribution is 5.89. The summed E-state index contributed by atoms with van der Waals surface area (Å²) in [5.41, 5.74) is 12.5. The number of piperidine rings is 1. The Hall–Kier alpha value is -3.28. The zero-order chi connectivity index (χ0) is 26.7. The molecule has 3 amide bonds. The summed E-state index contributed by atoms with van der Waals surface area (Å²) in [7, 11) is 0. The predicted molar refractivity (Wildman–Crippen MR) is 142 cm³/mol. The first-order chi connectivity index (χ1) is 17.5. The third kappa shape index (κ3) is 6.54. The topological polar surface area (TPSA) is 143 Å². The zero-order valence-electron chi connectivity index (χ0n) is 21.9. The van der Waals surface area contributed by atoms with Gasteiger partial charge in [0.25, 0.3) is 0 Å². The van der Waals surface area contributed by atoms with Crippen LogP contribution in [0.25, 0.3) is 5.69 Å². The molecule has 5 N–H and O–H groups in total. The fourth-order valence-corrected chi connectivity index (χ4v) is 4.79. The third-order valence-electron chi connectivity index (χ3n) is 7.12. The van der Waals surface area contributed by atoms with Crippen molar-refractivity contribution in [2.45, 2.75) is 45.3 Å². The standard InChI is InChI=1S/C26H38N8O3/c1-18-16-31(10-8-21(18)27)17-19-4-6-20(7-5-19)34-11-9-22(30-25(34)37)29-24(36)33-14-12-32(13-15-33)23(35)26(2,3)28/h4-7,9,11,18,21H,8,10,12-17,27-28H2,1-3H3,(H,29,30,36,37)/t18-,21+/m1/s1. The molecular formula is C26H38N8O3. The molecule has 37 heavy (non-hydrogen) atoms. The molecule has 0 spiro atoms. The van der Waals surface area contributed by atoms with Gasteiger partial charge in [0.1, 0.15) is 5.82 Å². The van der Waals surface area contributed by atoms with Gasteiger partial charge >= 0.3 is 11.7 Å². The number of rotatable bonds is 5. The van der Waals surface area contributed by atoms with Gasteiger partial charge in [-0.1, -0.05) is 19.1 Å². The minimum absolute atomic E-state index is 0.142. The quantitative estimate of drug-likeness (QED) is 0.540. The van der Waals surface area contributed by atoms with E-state index in [4.69, 9.17) is 11.5 Å². The van der Waals surface area contributed by atoms with Crippen LogP contribution in [0.5, 0.6) is 0 Å². The summed E-state index contributed by atoms with van der Waals surface area (Å²) in [4.78, 5) is 47.4. The van der Waals surface area contributed by atoms with Gasteiger partial charge in [0.15, 0.2) is 0 Å². The molecule has 0 unspecified atom stereocenters. The number of piperazine rings is 1. The van der Waals surface area contributed by atoms with E-state index in [2.05, 4.69) is 22.1 Å². The van der Waals surface area contributed by atoms with Crippen molar-refractivity contribution in [2.75, 3.05) is 44.6 Å². The number of nitrogens with one attached hydrogen (secondary N) is 1. The smallest absolute Gasteiger partial charge is 0.338 e. The van der Waals surface area contributed by atoms with Crippen LogP contribution in [0, 0.1) is 5.92 Å². The van der Waals surface area contributed by atoms with Crippen molar-refractivity contribution in [2.24, 2.45) is 17.4 Å². The average molecular weight is 511 g/mol. The van der Waals surface area contributed by atoms with Gasteiger partial charge < -0.3 is 21.3 Å². The number of carbonyl (C=O) groups is 2. The van der Waals surface area contributed by atoms with Crippen molar-refractivity contribution in [3.8, 4) is 5.69 Å². The molecule has 1 aromatic heterocycles. The molecule has 0 aliphatic carbocycles. The highest BCUT2D eigenvalue weighted by Crippen LogP contribution is 2.18. The Labute approximate surface area is 217 Å². The van der Waals surface area contributed by atoms with Crippen LogP contribution in [-0.4, -0.2) is 87.0 Å². The molecule has 200 valence electrons. The number of carbonyl (C=O) groups excluding carboxylic acids is 2. The third-order valence-corrected chi connectivity index (χ3v) is 7.12. The molecule has 2 saturated heterocycles. The number of nitrogens with two attached hydrogens (primary N) is 2. The van der Waals surface area contributed by atoms with E-state index in [0.717, 1.165) is 26.1 Å². The molecule has 11 nitrogen and oxygen atoms in total. The second-order valence-electron chi connectivity index (χ2n) is 10.7.